The summed E-state index contributed by atoms with van der Waals surface area (Å²) in [6.45, 7) is 10.2. The number of ether oxygens (including phenoxy) is 3. The minimum absolute atomic E-state index is 0.00688. The maximum absolute atomic E-state index is 14.3. The first-order valence-electron chi connectivity index (χ1n) is 27.1. The number of allylic oxidation sites excluding steroid dienone is 2. The fraction of sp³-hybridized carbons (Fsp3) is 0.655. The van der Waals surface area contributed by atoms with Crippen molar-refractivity contribution < 1.29 is 77.1 Å². The molecule has 0 radical (unpaired) electrons. The third kappa shape index (κ3) is 14.5. The van der Waals surface area contributed by atoms with Crippen LogP contribution in [0.4, 0.5) is 18.8 Å². The molecule has 7 N–H and O–H groups in total. The van der Waals surface area contributed by atoms with Crippen LogP contribution in [0, 0.1) is 17.7 Å². The molecule has 1 aromatic carbocycles. The third-order valence-corrected chi connectivity index (χ3v) is 15.1. The highest BCUT2D eigenvalue weighted by Crippen LogP contribution is 2.46. The van der Waals surface area contributed by atoms with Gasteiger partial charge in [-0.2, -0.15) is 0 Å². The summed E-state index contributed by atoms with van der Waals surface area (Å²) in [6.07, 6.45) is 10.6. The molecular formula is C55H76FN7O15. The zero-order valence-corrected chi connectivity index (χ0v) is 45.3. The predicted molar refractivity (Wildman–Crippen MR) is 276 cm³/mol. The molecule has 0 bridgehead atoms. The Balaban J connectivity index is 0.000000238. The van der Waals surface area contributed by atoms with Crippen LogP contribution in [0.1, 0.15) is 143 Å². The molecule has 7 aliphatic rings. The van der Waals surface area contributed by atoms with Gasteiger partial charge in [0, 0.05) is 43.3 Å². The lowest BCUT2D eigenvalue weighted by atomic mass is 10.0. The number of benzene rings is 1. The molecule has 10 atom stereocenters. The van der Waals surface area contributed by atoms with Crippen molar-refractivity contribution in [2.24, 2.45) is 11.8 Å². The number of carbonyl (C=O) groups excluding carboxylic acids is 7. The van der Waals surface area contributed by atoms with Gasteiger partial charge in [0.05, 0.1) is 19.2 Å². The van der Waals surface area contributed by atoms with E-state index in [0.717, 1.165) is 38.5 Å². The van der Waals surface area contributed by atoms with Gasteiger partial charge in [-0.05, 0) is 105 Å². The van der Waals surface area contributed by atoms with Gasteiger partial charge in [-0.1, -0.05) is 62.1 Å². The summed E-state index contributed by atoms with van der Waals surface area (Å²) in [5.41, 5.74) is -3.34. The number of carboxylic acids is 2. The van der Waals surface area contributed by atoms with Gasteiger partial charge < -0.3 is 60.6 Å². The van der Waals surface area contributed by atoms with E-state index >= 15 is 0 Å². The molecule has 0 unspecified atom stereocenters. The first-order chi connectivity index (χ1) is 36.7. The highest BCUT2D eigenvalue weighted by molar-refractivity contribution is 5.97. The zero-order valence-electron chi connectivity index (χ0n) is 45.3. The van der Waals surface area contributed by atoms with Crippen LogP contribution < -0.4 is 21.3 Å². The fourth-order valence-electron chi connectivity index (χ4n) is 10.9. The minimum atomic E-state index is -1.49. The molecule has 1 aromatic rings. The number of aliphatic carboxylic acids is 2. The van der Waals surface area contributed by atoms with E-state index in [9.17, 15) is 62.9 Å². The minimum Gasteiger partial charge on any atom is -0.479 e. The van der Waals surface area contributed by atoms with E-state index in [-0.39, 0.29) is 70.1 Å². The lowest BCUT2D eigenvalue weighted by Gasteiger charge is -2.30. The van der Waals surface area contributed by atoms with Crippen LogP contribution >= 0.6 is 0 Å². The number of rotatable bonds is 5. The largest absolute Gasteiger partial charge is 0.479 e. The molecule has 5 heterocycles. The Labute approximate surface area is 453 Å². The lowest BCUT2D eigenvalue weighted by Crippen LogP contribution is -2.56. The van der Waals surface area contributed by atoms with E-state index in [4.69, 9.17) is 14.2 Å². The highest BCUT2D eigenvalue weighted by Gasteiger charge is 2.63. The Morgan fingerprint density at radius 1 is 0.679 bits per heavy atom. The molecule has 78 heavy (non-hydrogen) atoms. The van der Waals surface area contributed by atoms with Crippen LogP contribution in [-0.4, -0.2) is 156 Å². The number of carbonyl (C=O) groups is 9. The average Bonchev–Trinajstić information content (AvgIpc) is 4.12. The Morgan fingerprint density at radius 2 is 1.17 bits per heavy atom. The number of aliphatic hydroxyl groups excluding tert-OH is 1. The van der Waals surface area contributed by atoms with E-state index < -0.39 is 118 Å². The number of halogens is 1. The number of nitrogens with one attached hydrogen (secondary N) is 4. The first kappa shape index (κ1) is 58.9. The highest BCUT2D eigenvalue weighted by atomic mass is 19.1. The van der Waals surface area contributed by atoms with E-state index in [1.54, 1.807) is 53.7 Å². The van der Waals surface area contributed by atoms with Gasteiger partial charge >= 0.3 is 30.2 Å². The second-order valence-electron chi connectivity index (χ2n) is 23.6. The average molecular weight is 1090 g/mol. The fourth-order valence-corrected chi connectivity index (χ4v) is 10.9. The van der Waals surface area contributed by atoms with Gasteiger partial charge in [0.1, 0.15) is 58.4 Å². The molecule has 0 spiro atoms. The number of carboxylic acid groups (broad SMARTS) is 2. The number of alkyl carbamates (subject to hydrolysis) is 2. The quantitative estimate of drug-likeness (QED) is 0.152. The molecule has 22 nitrogen and oxygen atoms in total. The number of nitrogens with zero attached hydrogens (tertiary/aromatic N) is 3. The summed E-state index contributed by atoms with van der Waals surface area (Å²) in [5.74, 6) is -5.72. The van der Waals surface area contributed by atoms with Gasteiger partial charge in [0.25, 0.3) is 0 Å². The van der Waals surface area contributed by atoms with E-state index in [1.165, 1.54) is 20.8 Å². The summed E-state index contributed by atoms with van der Waals surface area (Å²) >= 11 is 0. The Morgan fingerprint density at radius 3 is 1.64 bits per heavy atom. The Bertz CT molecular complexity index is 2550. The molecular weight excluding hydrogens is 1020 g/mol. The molecule has 0 aromatic heterocycles. The predicted octanol–water partition coefficient (Wildman–Crippen LogP) is 4.94. The van der Waals surface area contributed by atoms with Crippen molar-refractivity contribution >= 4 is 53.8 Å². The molecule has 5 aliphatic heterocycles. The molecule has 428 valence electrons. The van der Waals surface area contributed by atoms with Crippen molar-refractivity contribution in [1.29, 1.82) is 0 Å². The Hall–Kier alpha value is -6.78. The van der Waals surface area contributed by atoms with Gasteiger partial charge in [-0.3, -0.25) is 24.1 Å². The lowest BCUT2D eigenvalue weighted by molar-refractivity contribution is -0.146. The van der Waals surface area contributed by atoms with Crippen LogP contribution in [0.3, 0.4) is 0 Å². The molecule has 2 aliphatic carbocycles. The standard InChI is InChI=1S/C32H41FN4O8.C23H35N3O7/c1-31(2,3)45-29(42)34-24-13-8-6-4-5-7-11-20-15-32(20,28(40)41)35-26(38)25-14-21(17-37(25)27(24)39)44-30(43)36-16-19-10-9-12-23(33)22(19)18-36;1-22(2,3)33-21(32)24-16-10-8-6-4-5-7-9-14-12-23(14,20(30)31)25-18(28)17-11-15(27)13-26(17)19(16)29/h7,9-12,20-21,24-25H,4-6,8,13-18H2,1-3H3,(H,34,42)(H,35,38)(H,40,41);7,9,14-17,27H,4-6,8,10-13H2,1-3H3,(H,24,32)(H,25,28)(H,30,31)/b11-7-;9-7-/t20-,21-,24+,25+,32-;14-,15-,16+,17+,23-/m11/s1. The number of fused-ring (bicyclic) bond motifs is 5. The van der Waals surface area contributed by atoms with Gasteiger partial charge in [0.2, 0.25) is 23.6 Å². The smallest absolute Gasteiger partial charge is 0.410 e. The van der Waals surface area contributed by atoms with Crippen molar-refractivity contribution in [3.63, 3.8) is 0 Å². The monoisotopic (exact) mass is 1090 g/mol. The van der Waals surface area contributed by atoms with Gasteiger partial charge in [-0.25, -0.2) is 28.4 Å². The maximum Gasteiger partial charge on any atom is 0.410 e. The third-order valence-electron chi connectivity index (χ3n) is 15.1. The van der Waals surface area contributed by atoms with Gasteiger partial charge in [-0.15, -0.1) is 0 Å². The van der Waals surface area contributed by atoms with Crippen LogP contribution in [0.15, 0.2) is 42.5 Å². The van der Waals surface area contributed by atoms with E-state index in [2.05, 4.69) is 21.3 Å². The second kappa shape index (κ2) is 24.1. The van der Waals surface area contributed by atoms with Crippen LogP contribution in [0.5, 0.6) is 0 Å². The SMILES string of the molecule is CC(C)(C)OC(=O)N[C@H]1CCCCC/C=C\[C@@H]2C[C@@]2(C(=O)O)NC(=O)[C@@H]2C[C@@H](O)CN2C1=O.CC(C)(C)OC(=O)N[C@H]1CCCCC/C=C\[C@@H]2C[C@@]2(C(=O)O)NC(=O)[C@@H]2C[C@@H](OC(=O)N3Cc4cccc(F)c4C3)CN2C1=O. The molecule has 2 saturated carbocycles. The number of hydrogen-bond donors (Lipinski definition) is 7. The molecule has 2 saturated heterocycles. The van der Waals surface area contributed by atoms with Crippen molar-refractivity contribution in [3.8, 4) is 0 Å². The normalized spacial score (nSPS) is 31.3. The molecule has 23 heteroatoms. The van der Waals surface area contributed by atoms with Crippen LogP contribution in [0.2, 0.25) is 0 Å². The summed E-state index contributed by atoms with van der Waals surface area (Å²) < 4.78 is 30.7. The number of amides is 7. The van der Waals surface area contributed by atoms with Crippen LogP contribution in [0.25, 0.3) is 0 Å². The Kier molecular flexibility index (Phi) is 18.2. The molecule has 4 fully saturated rings. The van der Waals surface area contributed by atoms with E-state index in [0.29, 0.717) is 30.4 Å². The van der Waals surface area contributed by atoms with Crippen molar-refractivity contribution in [2.45, 2.75) is 203 Å². The van der Waals surface area contributed by atoms with Crippen molar-refractivity contribution in [1.82, 2.24) is 36.0 Å². The molecule has 8 rings (SSSR count). The topological polar surface area (TPSA) is 300 Å². The van der Waals surface area contributed by atoms with Gasteiger partial charge in [0.15, 0.2) is 0 Å². The van der Waals surface area contributed by atoms with Crippen LogP contribution in [-0.2, 0) is 56.1 Å². The van der Waals surface area contributed by atoms with E-state index in [1.807, 2.05) is 24.3 Å². The first-order valence-corrected chi connectivity index (χ1v) is 27.1. The summed E-state index contributed by atoms with van der Waals surface area (Å²) in [6, 6.07) is 0.525. The number of aliphatic hydroxyl groups is 1. The maximum atomic E-state index is 14.3. The van der Waals surface area contributed by atoms with Crippen molar-refractivity contribution in [3.05, 3.63) is 59.4 Å². The van der Waals surface area contributed by atoms with Crippen molar-refractivity contribution in [2.75, 3.05) is 13.1 Å². The number of hydrogen-bond acceptors (Lipinski definition) is 13. The summed E-state index contributed by atoms with van der Waals surface area (Å²) in [4.78, 5) is 121. The summed E-state index contributed by atoms with van der Waals surface area (Å²) in [5, 5.41) is 40.6. The summed E-state index contributed by atoms with van der Waals surface area (Å²) in [7, 11) is 0. The second-order valence-corrected chi connectivity index (χ2v) is 23.6. The molecule has 7 amide bonds. The zero-order chi connectivity index (χ0) is 56.9.